The van der Waals surface area contributed by atoms with Crippen LogP contribution in [-0.2, 0) is 26.2 Å². The zero-order valence-corrected chi connectivity index (χ0v) is 20.3. The van der Waals surface area contributed by atoms with Gasteiger partial charge in [0.15, 0.2) is 0 Å². The van der Waals surface area contributed by atoms with E-state index >= 15 is 0 Å². The first kappa shape index (κ1) is 24.7. The van der Waals surface area contributed by atoms with Crippen molar-refractivity contribution in [3.8, 4) is 5.75 Å². The standard InChI is InChI=1S/C24H31N3O5S/c1-17-6-11-21(26-18(2)28)22(14-17)33(30,31)27-13-5-12-24(3,16-27)23(29)25-15-19-7-9-20(32-4)10-8-19/h6-11,14H,5,12-13,15-16H2,1-4H3,(H,25,29)(H,26,28)/t24-/m1/s1. The molecule has 178 valence electrons. The van der Waals surface area contributed by atoms with E-state index in [0.717, 1.165) is 16.9 Å². The van der Waals surface area contributed by atoms with Crippen molar-refractivity contribution in [2.24, 2.45) is 5.41 Å². The Morgan fingerprint density at radius 2 is 1.85 bits per heavy atom. The van der Waals surface area contributed by atoms with Gasteiger partial charge in [-0.2, -0.15) is 4.31 Å². The van der Waals surface area contributed by atoms with Crippen molar-refractivity contribution in [3.63, 3.8) is 0 Å². The number of hydrogen-bond acceptors (Lipinski definition) is 5. The Kier molecular flexibility index (Phi) is 7.44. The number of anilines is 1. The summed E-state index contributed by atoms with van der Waals surface area (Å²) in [7, 11) is -2.32. The van der Waals surface area contributed by atoms with Crippen molar-refractivity contribution in [3.05, 3.63) is 53.6 Å². The minimum absolute atomic E-state index is 0.0422. The average Bonchev–Trinajstić information content (AvgIpc) is 2.78. The molecular formula is C24H31N3O5S. The van der Waals surface area contributed by atoms with Gasteiger partial charge in [0.05, 0.1) is 18.2 Å². The second-order valence-electron chi connectivity index (χ2n) is 8.71. The Hall–Kier alpha value is -2.91. The van der Waals surface area contributed by atoms with E-state index in [1.54, 1.807) is 39.2 Å². The molecule has 0 aliphatic carbocycles. The topological polar surface area (TPSA) is 105 Å². The number of nitrogens with one attached hydrogen (secondary N) is 2. The third-order valence-corrected chi connectivity index (χ3v) is 7.77. The predicted molar refractivity (Wildman–Crippen MR) is 126 cm³/mol. The highest BCUT2D eigenvalue weighted by molar-refractivity contribution is 7.89. The van der Waals surface area contributed by atoms with Crippen LogP contribution in [0.15, 0.2) is 47.4 Å². The van der Waals surface area contributed by atoms with Gasteiger partial charge >= 0.3 is 0 Å². The second kappa shape index (κ2) is 9.93. The molecule has 1 aliphatic heterocycles. The molecule has 0 unspecified atom stereocenters. The molecule has 2 N–H and O–H groups in total. The number of hydrogen-bond donors (Lipinski definition) is 2. The minimum Gasteiger partial charge on any atom is -0.497 e. The molecule has 1 fully saturated rings. The number of carbonyl (C=O) groups is 2. The number of methoxy groups -OCH3 is 1. The second-order valence-corrected chi connectivity index (χ2v) is 10.6. The summed E-state index contributed by atoms with van der Waals surface area (Å²) < 4.78 is 33.5. The summed E-state index contributed by atoms with van der Waals surface area (Å²) in [5.74, 6) is 0.196. The van der Waals surface area contributed by atoms with Crippen molar-refractivity contribution < 1.29 is 22.7 Å². The number of ether oxygens (including phenoxy) is 1. The number of nitrogens with zero attached hydrogens (tertiary/aromatic N) is 1. The molecule has 2 amide bonds. The van der Waals surface area contributed by atoms with Gasteiger partial charge < -0.3 is 15.4 Å². The van der Waals surface area contributed by atoms with Crippen molar-refractivity contribution in [1.82, 2.24) is 9.62 Å². The SMILES string of the molecule is COc1ccc(CNC(=O)[C@]2(C)CCCN(S(=O)(=O)c3cc(C)ccc3NC(C)=O)C2)cc1. The fraction of sp³-hybridized carbons (Fsp3) is 0.417. The van der Waals surface area contributed by atoms with Gasteiger partial charge in [-0.1, -0.05) is 18.2 Å². The van der Waals surface area contributed by atoms with Crippen LogP contribution in [0.5, 0.6) is 5.75 Å². The van der Waals surface area contributed by atoms with E-state index < -0.39 is 15.4 Å². The predicted octanol–water partition coefficient (Wildman–Crippen LogP) is 3.07. The number of piperidine rings is 1. The Morgan fingerprint density at radius 1 is 1.15 bits per heavy atom. The molecule has 0 bridgehead atoms. The van der Waals surface area contributed by atoms with Crippen LogP contribution in [0.4, 0.5) is 5.69 Å². The summed E-state index contributed by atoms with van der Waals surface area (Å²) in [5, 5.41) is 5.55. The van der Waals surface area contributed by atoms with Crippen LogP contribution >= 0.6 is 0 Å². The molecule has 1 saturated heterocycles. The highest BCUT2D eigenvalue weighted by Gasteiger charge is 2.42. The lowest BCUT2D eigenvalue weighted by atomic mass is 9.82. The maximum atomic E-state index is 13.5. The monoisotopic (exact) mass is 473 g/mol. The highest BCUT2D eigenvalue weighted by Crippen LogP contribution is 2.35. The average molecular weight is 474 g/mol. The molecule has 0 spiro atoms. The Bertz CT molecular complexity index is 1130. The van der Waals surface area contributed by atoms with E-state index in [1.807, 2.05) is 24.3 Å². The van der Waals surface area contributed by atoms with Gasteiger partial charge in [-0.25, -0.2) is 8.42 Å². The molecular weight excluding hydrogens is 442 g/mol. The van der Waals surface area contributed by atoms with Gasteiger partial charge in [0.25, 0.3) is 0 Å². The molecule has 1 aliphatic rings. The van der Waals surface area contributed by atoms with E-state index in [9.17, 15) is 18.0 Å². The molecule has 33 heavy (non-hydrogen) atoms. The van der Waals surface area contributed by atoms with Crippen LogP contribution in [0.3, 0.4) is 0 Å². The number of aryl methyl sites for hydroxylation is 1. The summed E-state index contributed by atoms with van der Waals surface area (Å²) in [4.78, 5) is 24.7. The molecule has 9 heteroatoms. The molecule has 2 aromatic rings. The highest BCUT2D eigenvalue weighted by atomic mass is 32.2. The lowest BCUT2D eigenvalue weighted by Gasteiger charge is -2.38. The van der Waals surface area contributed by atoms with Crippen LogP contribution in [0.1, 0.15) is 37.8 Å². The summed E-state index contributed by atoms with van der Waals surface area (Å²) in [6.07, 6.45) is 1.15. The lowest BCUT2D eigenvalue weighted by molar-refractivity contribution is -0.132. The molecule has 0 aromatic heterocycles. The molecule has 2 aromatic carbocycles. The van der Waals surface area contributed by atoms with Gasteiger partial charge in [-0.05, 0) is 62.1 Å². The van der Waals surface area contributed by atoms with E-state index in [2.05, 4.69) is 10.6 Å². The summed E-state index contributed by atoms with van der Waals surface area (Å²) >= 11 is 0. The lowest BCUT2D eigenvalue weighted by Crippen LogP contribution is -2.51. The fourth-order valence-electron chi connectivity index (χ4n) is 4.00. The molecule has 3 rings (SSSR count). The van der Waals surface area contributed by atoms with Gasteiger partial charge in [0.2, 0.25) is 21.8 Å². The summed E-state index contributed by atoms with van der Waals surface area (Å²) in [5.41, 5.74) is 1.06. The zero-order chi connectivity index (χ0) is 24.2. The number of amides is 2. The molecule has 0 saturated carbocycles. The van der Waals surface area contributed by atoms with Gasteiger partial charge in [-0.15, -0.1) is 0 Å². The maximum Gasteiger partial charge on any atom is 0.245 e. The van der Waals surface area contributed by atoms with Crippen LogP contribution < -0.4 is 15.4 Å². The normalized spacial score (nSPS) is 19.0. The van der Waals surface area contributed by atoms with Gasteiger partial charge in [0.1, 0.15) is 10.6 Å². The quantitative estimate of drug-likeness (QED) is 0.643. The smallest absolute Gasteiger partial charge is 0.245 e. The largest absolute Gasteiger partial charge is 0.497 e. The number of sulfonamides is 1. The van der Waals surface area contributed by atoms with Crippen LogP contribution in [0.2, 0.25) is 0 Å². The molecule has 0 radical (unpaired) electrons. The fourth-order valence-corrected chi connectivity index (χ4v) is 5.83. The van der Waals surface area contributed by atoms with E-state index in [-0.39, 0.29) is 28.9 Å². The van der Waals surface area contributed by atoms with Crippen molar-refractivity contribution in [1.29, 1.82) is 0 Å². The van der Waals surface area contributed by atoms with Gasteiger partial charge in [0, 0.05) is 26.6 Å². The molecule has 1 atom stereocenters. The Labute approximate surface area is 195 Å². The zero-order valence-electron chi connectivity index (χ0n) is 19.5. The maximum absolute atomic E-state index is 13.5. The number of rotatable bonds is 7. The first-order valence-corrected chi connectivity index (χ1v) is 12.3. The van der Waals surface area contributed by atoms with Gasteiger partial charge in [-0.3, -0.25) is 9.59 Å². The number of carbonyl (C=O) groups excluding carboxylic acids is 2. The third kappa shape index (κ3) is 5.72. The summed E-state index contributed by atoms with van der Waals surface area (Å²) in [6.45, 7) is 5.65. The summed E-state index contributed by atoms with van der Waals surface area (Å²) in [6, 6.07) is 12.3. The minimum atomic E-state index is -3.92. The van der Waals surface area contributed by atoms with E-state index in [4.69, 9.17) is 4.74 Å². The first-order valence-electron chi connectivity index (χ1n) is 10.8. The van der Waals surface area contributed by atoms with Crippen LogP contribution in [0, 0.1) is 12.3 Å². The van der Waals surface area contributed by atoms with Crippen molar-refractivity contribution in [2.75, 3.05) is 25.5 Å². The van der Waals surface area contributed by atoms with E-state index in [0.29, 0.717) is 25.9 Å². The first-order chi connectivity index (χ1) is 15.5. The van der Waals surface area contributed by atoms with Crippen LogP contribution in [-0.4, -0.2) is 44.7 Å². The van der Waals surface area contributed by atoms with Crippen LogP contribution in [0.25, 0.3) is 0 Å². The van der Waals surface area contributed by atoms with Crippen molar-refractivity contribution >= 4 is 27.5 Å². The Morgan fingerprint density at radius 3 is 2.48 bits per heavy atom. The van der Waals surface area contributed by atoms with E-state index in [1.165, 1.54) is 11.2 Å². The van der Waals surface area contributed by atoms with Crippen molar-refractivity contribution in [2.45, 2.75) is 45.1 Å². The number of benzene rings is 2. The molecule has 8 nitrogen and oxygen atoms in total. The molecule has 1 heterocycles. The third-order valence-electron chi connectivity index (χ3n) is 5.89. The Balaban J connectivity index is 1.77.